The Morgan fingerprint density at radius 2 is 1.94 bits per heavy atom. The quantitative estimate of drug-likeness (QED) is 0.748. The fourth-order valence-corrected chi connectivity index (χ4v) is 2.41. The lowest BCUT2D eigenvalue weighted by Crippen LogP contribution is -2.33. The number of hydrogen-bond donors (Lipinski definition) is 1. The van der Waals surface area contributed by atoms with Gasteiger partial charge in [0.25, 0.3) is 0 Å². The molecular weight excluding hydrogens is 277 g/mol. The third kappa shape index (κ3) is 5.05. The Morgan fingerprint density at radius 3 is 2.47 bits per heavy atom. The van der Waals surface area contributed by atoms with Crippen LogP contribution < -0.4 is 5.32 Å². The lowest BCUT2D eigenvalue weighted by molar-refractivity contribution is 0.389. The van der Waals surface area contributed by atoms with Gasteiger partial charge in [-0.15, -0.1) is 11.6 Å². The second-order valence-electron chi connectivity index (χ2n) is 4.44. The van der Waals surface area contributed by atoms with Crippen molar-refractivity contribution in [3.63, 3.8) is 0 Å². The molecule has 0 aliphatic rings. The summed E-state index contributed by atoms with van der Waals surface area (Å²) in [4.78, 5) is 0. The summed E-state index contributed by atoms with van der Waals surface area (Å²) in [7, 11) is 0. The molecule has 17 heavy (non-hydrogen) atoms. The van der Waals surface area contributed by atoms with Gasteiger partial charge < -0.3 is 5.32 Å². The number of nitrogens with one attached hydrogen (secondary N) is 1. The molecule has 4 heteroatoms. The predicted molar refractivity (Wildman–Crippen MR) is 77.3 cm³/mol. The van der Waals surface area contributed by atoms with Crippen LogP contribution in [0.25, 0.3) is 0 Å². The van der Waals surface area contributed by atoms with Crippen molar-refractivity contribution >= 4 is 34.8 Å². The molecule has 1 aromatic rings. The van der Waals surface area contributed by atoms with Crippen LogP contribution in [0.2, 0.25) is 10.0 Å². The molecule has 0 aromatic heterocycles. The molecule has 96 valence electrons. The van der Waals surface area contributed by atoms with Gasteiger partial charge in [0.15, 0.2) is 0 Å². The Kier molecular flexibility index (Phi) is 6.65. The summed E-state index contributed by atoms with van der Waals surface area (Å²) in [5, 5.41) is 4.86. The Labute approximate surface area is 118 Å². The van der Waals surface area contributed by atoms with E-state index in [4.69, 9.17) is 34.8 Å². The van der Waals surface area contributed by atoms with Gasteiger partial charge in [0, 0.05) is 28.5 Å². The molecule has 0 aliphatic heterocycles. The summed E-state index contributed by atoms with van der Waals surface area (Å²) in [5.41, 5.74) is 1.07. The fourth-order valence-electron chi connectivity index (χ4n) is 1.69. The highest BCUT2D eigenvalue weighted by Crippen LogP contribution is 2.21. The van der Waals surface area contributed by atoms with Crippen molar-refractivity contribution in [3.8, 4) is 0 Å². The minimum atomic E-state index is 0.416. The molecule has 0 saturated heterocycles. The van der Waals surface area contributed by atoms with Gasteiger partial charge in [-0.1, -0.05) is 43.1 Å². The number of benzene rings is 1. The molecule has 1 nitrogen and oxygen atoms in total. The first-order valence-electron chi connectivity index (χ1n) is 5.78. The number of hydrogen-bond acceptors (Lipinski definition) is 1. The lowest BCUT2D eigenvalue weighted by atomic mass is 10.0. The van der Waals surface area contributed by atoms with Crippen molar-refractivity contribution in [2.24, 2.45) is 5.92 Å². The lowest BCUT2D eigenvalue weighted by Gasteiger charge is -2.21. The normalized spacial score (nSPS) is 13.1. The molecule has 0 fully saturated rings. The Hall–Kier alpha value is 0.0500. The molecule has 0 aliphatic carbocycles. The Morgan fingerprint density at radius 1 is 1.24 bits per heavy atom. The zero-order valence-corrected chi connectivity index (χ0v) is 12.4. The highest BCUT2D eigenvalue weighted by Gasteiger charge is 2.12. The first-order valence-corrected chi connectivity index (χ1v) is 7.07. The van der Waals surface area contributed by atoms with Crippen LogP contribution in [0.5, 0.6) is 0 Å². The molecular formula is C13H18Cl3N. The van der Waals surface area contributed by atoms with E-state index in [1.807, 2.05) is 12.1 Å². The molecule has 0 amide bonds. The minimum absolute atomic E-state index is 0.416. The van der Waals surface area contributed by atoms with E-state index >= 15 is 0 Å². The summed E-state index contributed by atoms with van der Waals surface area (Å²) in [5.74, 6) is 1.23. The molecule has 0 heterocycles. The van der Waals surface area contributed by atoms with E-state index in [0.717, 1.165) is 18.5 Å². The molecule has 1 rings (SSSR count). The second kappa shape index (κ2) is 7.48. The largest absolute Gasteiger partial charge is 0.310 e. The molecule has 1 unspecified atom stereocenters. The van der Waals surface area contributed by atoms with Gasteiger partial charge in [0.05, 0.1) is 0 Å². The maximum Gasteiger partial charge on any atom is 0.0465 e. The van der Waals surface area contributed by atoms with Crippen LogP contribution in [0.15, 0.2) is 18.2 Å². The average molecular weight is 295 g/mol. The SMILES string of the molecule is CC(C)C(CCCl)NCc1ccc(Cl)cc1Cl. The third-order valence-electron chi connectivity index (χ3n) is 2.79. The topological polar surface area (TPSA) is 12.0 Å². The fraction of sp³-hybridized carbons (Fsp3) is 0.538. The van der Waals surface area contributed by atoms with Gasteiger partial charge in [-0.3, -0.25) is 0 Å². The molecule has 1 aromatic carbocycles. The van der Waals surface area contributed by atoms with E-state index in [0.29, 0.717) is 27.9 Å². The van der Waals surface area contributed by atoms with Crippen molar-refractivity contribution in [3.05, 3.63) is 33.8 Å². The van der Waals surface area contributed by atoms with Crippen molar-refractivity contribution in [2.45, 2.75) is 32.9 Å². The predicted octanol–water partition coefficient (Wildman–Crippen LogP) is 4.74. The van der Waals surface area contributed by atoms with Crippen molar-refractivity contribution < 1.29 is 0 Å². The molecule has 0 bridgehead atoms. The summed E-state index contributed by atoms with van der Waals surface area (Å²) in [6, 6.07) is 6.00. The van der Waals surface area contributed by atoms with E-state index in [2.05, 4.69) is 19.2 Å². The van der Waals surface area contributed by atoms with E-state index in [1.54, 1.807) is 6.07 Å². The van der Waals surface area contributed by atoms with Crippen molar-refractivity contribution in [2.75, 3.05) is 5.88 Å². The summed E-state index contributed by atoms with van der Waals surface area (Å²) < 4.78 is 0. The first kappa shape index (κ1) is 15.1. The molecule has 0 radical (unpaired) electrons. The van der Waals surface area contributed by atoms with Crippen LogP contribution in [0.3, 0.4) is 0 Å². The van der Waals surface area contributed by atoms with Gasteiger partial charge in [0.1, 0.15) is 0 Å². The zero-order valence-electron chi connectivity index (χ0n) is 10.1. The Balaban J connectivity index is 2.59. The van der Waals surface area contributed by atoms with E-state index in [9.17, 15) is 0 Å². The maximum absolute atomic E-state index is 6.12. The first-order chi connectivity index (χ1) is 8.04. The Bertz CT molecular complexity index is 353. The van der Waals surface area contributed by atoms with Gasteiger partial charge in [0.2, 0.25) is 0 Å². The van der Waals surface area contributed by atoms with Crippen molar-refractivity contribution in [1.82, 2.24) is 5.32 Å². The van der Waals surface area contributed by atoms with Gasteiger partial charge >= 0.3 is 0 Å². The van der Waals surface area contributed by atoms with Crippen LogP contribution >= 0.6 is 34.8 Å². The molecule has 0 saturated carbocycles. The van der Waals surface area contributed by atoms with Crippen LogP contribution in [0.4, 0.5) is 0 Å². The van der Waals surface area contributed by atoms with Gasteiger partial charge in [-0.25, -0.2) is 0 Å². The smallest absolute Gasteiger partial charge is 0.0465 e. The van der Waals surface area contributed by atoms with Gasteiger partial charge in [-0.2, -0.15) is 0 Å². The van der Waals surface area contributed by atoms with E-state index < -0.39 is 0 Å². The highest BCUT2D eigenvalue weighted by atomic mass is 35.5. The molecule has 1 N–H and O–H groups in total. The third-order valence-corrected chi connectivity index (χ3v) is 3.60. The van der Waals surface area contributed by atoms with Crippen LogP contribution in [0, 0.1) is 5.92 Å². The number of halogens is 3. The number of rotatable bonds is 6. The summed E-state index contributed by atoms with van der Waals surface area (Å²) in [6.07, 6.45) is 0.963. The molecule has 1 atom stereocenters. The minimum Gasteiger partial charge on any atom is -0.310 e. The van der Waals surface area contributed by atoms with E-state index in [1.165, 1.54) is 0 Å². The van der Waals surface area contributed by atoms with Crippen LogP contribution in [0.1, 0.15) is 25.8 Å². The monoisotopic (exact) mass is 293 g/mol. The second-order valence-corrected chi connectivity index (χ2v) is 5.67. The summed E-state index contributed by atoms with van der Waals surface area (Å²) >= 11 is 17.8. The van der Waals surface area contributed by atoms with Gasteiger partial charge in [-0.05, 0) is 30.0 Å². The summed E-state index contributed by atoms with van der Waals surface area (Å²) in [6.45, 7) is 5.12. The maximum atomic E-state index is 6.12. The average Bonchev–Trinajstić information content (AvgIpc) is 2.25. The van der Waals surface area contributed by atoms with Crippen LogP contribution in [-0.4, -0.2) is 11.9 Å². The highest BCUT2D eigenvalue weighted by molar-refractivity contribution is 6.35. The van der Waals surface area contributed by atoms with E-state index in [-0.39, 0.29) is 0 Å². The van der Waals surface area contributed by atoms with Crippen LogP contribution in [-0.2, 0) is 6.54 Å². The standard InChI is InChI=1S/C13H18Cl3N/c1-9(2)13(5-6-14)17-8-10-3-4-11(15)7-12(10)16/h3-4,7,9,13,17H,5-6,8H2,1-2H3. The zero-order chi connectivity index (χ0) is 12.8. The molecule has 0 spiro atoms. The number of alkyl halides is 1. The van der Waals surface area contributed by atoms with Crippen molar-refractivity contribution in [1.29, 1.82) is 0 Å².